The van der Waals surface area contributed by atoms with Crippen molar-refractivity contribution in [2.75, 3.05) is 6.61 Å². The lowest BCUT2D eigenvalue weighted by Gasteiger charge is -2.11. The van der Waals surface area contributed by atoms with E-state index < -0.39 is 17.9 Å². The molecule has 1 rings (SSSR count). The highest BCUT2D eigenvalue weighted by atomic mass is 16.4. The van der Waals surface area contributed by atoms with Crippen LogP contribution in [-0.2, 0) is 4.79 Å². The van der Waals surface area contributed by atoms with Gasteiger partial charge in [0.1, 0.15) is 6.04 Å². The first kappa shape index (κ1) is 11.2. The zero-order valence-electron chi connectivity index (χ0n) is 7.80. The van der Waals surface area contributed by atoms with Crippen LogP contribution in [-0.4, -0.2) is 44.9 Å². The third-order valence-electron chi connectivity index (χ3n) is 1.78. The number of carbonyl (C=O) groups is 2. The minimum atomic E-state index is -1.18. The molecule has 0 aliphatic heterocycles. The van der Waals surface area contributed by atoms with Crippen LogP contribution in [0.5, 0.6) is 0 Å². The smallest absolute Gasteiger partial charge is 0.326 e. The Kier molecular flexibility index (Phi) is 3.81. The van der Waals surface area contributed by atoms with Crippen LogP contribution in [0.1, 0.15) is 16.8 Å². The van der Waals surface area contributed by atoms with Gasteiger partial charge in [-0.25, -0.2) is 4.79 Å². The maximum atomic E-state index is 11.4. The van der Waals surface area contributed by atoms with Gasteiger partial charge in [-0.15, -0.1) is 0 Å². The van der Waals surface area contributed by atoms with E-state index in [1.807, 2.05) is 0 Å². The van der Waals surface area contributed by atoms with Gasteiger partial charge in [-0.1, -0.05) is 0 Å². The number of amides is 1. The molecule has 1 atom stereocenters. The van der Waals surface area contributed by atoms with Gasteiger partial charge in [0.25, 0.3) is 5.91 Å². The molecule has 15 heavy (non-hydrogen) atoms. The number of rotatable bonds is 5. The molecule has 4 N–H and O–H groups in total. The van der Waals surface area contributed by atoms with E-state index in [2.05, 4.69) is 15.5 Å². The van der Waals surface area contributed by atoms with E-state index in [0.29, 0.717) is 0 Å². The highest BCUT2D eigenvalue weighted by Gasteiger charge is 2.20. The Morgan fingerprint density at radius 2 is 2.33 bits per heavy atom. The van der Waals surface area contributed by atoms with Crippen LogP contribution in [0.25, 0.3) is 0 Å². The molecule has 0 saturated heterocycles. The molecular weight excluding hydrogens is 202 g/mol. The molecule has 0 aromatic carbocycles. The van der Waals surface area contributed by atoms with Gasteiger partial charge in [0, 0.05) is 19.2 Å². The van der Waals surface area contributed by atoms with E-state index in [1.54, 1.807) is 0 Å². The minimum Gasteiger partial charge on any atom is -0.480 e. The summed E-state index contributed by atoms with van der Waals surface area (Å²) in [4.78, 5) is 22.0. The Balaban J connectivity index is 2.59. The molecular formula is C8H11N3O4. The number of carboxylic acid groups (broad SMARTS) is 1. The largest absolute Gasteiger partial charge is 0.480 e. The van der Waals surface area contributed by atoms with Gasteiger partial charge in [-0.2, -0.15) is 5.10 Å². The van der Waals surface area contributed by atoms with E-state index in [0.717, 1.165) is 0 Å². The van der Waals surface area contributed by atoms with Gasteiger partial charge in [-0.3, -0.25) is 9.89 Å². The monoisotopic (exact) mass is 213 g/mol. The first-order valence-corrected chi connectivity index (χ1v) is 4.28. The second-order valence-electron chi connectivity index (χ2n) is 2.86. The summed E-state index contributed by atoms with van der Waals surface area (Å²) in [7, 11) is 0. The molecule has 82 valence electrons. The Morgan fingerprint density at radius 1 is 1.60 bits per heavy atom. The van der Waals surface area contributed by atoms with Crippen molar-refractivity contribution in [2.24, 2.45) is 0 Å². The van der Waals surface area contributed by atoms with Crippen molar-refractivity contribution in [3.05, 3.63) is 18.0 Å². The van der Waals surface area contributed by atoms with E-state index in [1.165, 1.54) is 12.4 Å². The molecule has 0 radical (unpaired) electrons. The number of aliphatic hydroxyl groups is 1. The highest BCUT2D eigenvalue weighted by molar-refractivity contribution is 5.96. The van der Waals surface area contributed by atoms with Gasteiger partial charge in [0.2, 0.25) is 0 Å². The summed E-state index contributed by atoms with van der Waals surface area (Å²) in [6.45, 7) is -0.303. The lowest BCUT2D eigenvalue weighted by Crippen LogP contribution is -2.41. The molecule has 1 amide bonds. The molecule has 7 heteroatoms. The molecule has 0 bridgehead atoms. The van der Waals surface area contributed by atoms with E-state index in [9.17, 15) is 9.59 Å². The zero-order valence-corrected chi connectivity index (χ0v) is 7.80. The van der Waals surface area contributed by atoms with Gasteiger partial charge >= 0.3 is 5.97 Å². The number of hydrogen-bond donors (Lipinski definition) is 4. The standard InChI is InChI=1S/C8H11N3O4/c12-2-1-6(8(14)15)11-7(13)5-3-9-10-4-5/h3-4,6,12H,1-2H2,(H,9,10)(H,11,13)(H,14,15)/t6-/m1/s1. The van der Waals surface area contributed by atoms with Crippen molar-refractivity contribution in [3.8, 4) is 0 Å². The predicted octanol–water partition coefficient (Wildman–Crippen LogP) is -1.02. The molecule has 1 aromatic rings. The molecule has 7 nitrogen and oxygen atoms in total. The number of aliphatic carboxylic acids is 1. The summed E-state index contributed by atoms with van der Waals surface area (Å²) in [6, 6.07) is -1.09. The van der Waals surface area contributed by atoms with Crippen molar-refractivity contribution in [3.63, 3.8) is 0 Å². The average molecular weight is 213 g/mol. The fourth-order valence-electron chi connectivity index (χ4n) is 1.00. The van der Waals surface area contributed by atoms with Crippen LogP contribution in [0.4, 0.5) is 0 Å². The fourth-order valence-corrected chi connectivity index (χ4v) is 1.00. The van der Waals surface area contributed by atoms with Gasteiger partial charge < -0.3 is 15.5 Å². The number of H-pyrrole nitrogens is 1. The summed E-state index contributed by atoms with van der Waals surface area (Å²) in [5, 5.41) is 25.6. The van der Waals surface area contributed by atoms with Crippen LogP contribution in [0, 0.1) is 0 Å². The Hall–Kier alpha value is -1.89. The molecule has 0 aliphatic rings. The summed E-state index contributed by atoms with van der Waals surface area (Å²) < 4.78 is 0. The lowest BCUT2D eigenvalue weighted by molar-refractivity contribution is -0.139. The first-order valence-electron chi connectivity index (χ1n) is 4.28. The predicted molar refractivity (Wildman–Crippen MR) is 49.2 cm³/mol. The zero-order chi connectivity index (χ0) is 11.3. The summed E-state index contributed by atoms with van der Waals surface area (Å²) in [6.07, 6.45) is 2.61. The molecule has 1 aromatic heterocycles. The summed E-state index contributed by atoms with van der Waals surface area (Å²) in [5.74, 6) is -1.72. The molecule has 0 saturated carbocycles. The molecule has 0 unspecified atom stereocenters. The second kappa shape index (κ2) is 5.11. The van der Waals surface area contributed by atoms with Gasteiger partial charge in [-0.05, 0) is 0 Å². The van der Waals surface area contributed by atoms with Crippen LogP contribution in [0.15, 0.2) is 12.4 Å². The number of hydrogen-bond acceptors (Lipinski definition) is 4. The SMILES string of the molecule is O=C(N[C@H](CCO)C(=O)O)c1cn[nH]c1. The second-order valence-corrected chi connectivity index (χ2v) is 2.86. The number of aromatic amines is 1. The van der Waals surface area contributed by atoms with Crippen molar-refractivity contribution < 1.29 is 19.8 Å². The van der Waals surface area contributed by atoms with Crippen molar-refractivity contribution in [1.82, 2.24) is 15.5 Å². The Labute approximate surface area is 85.1 Å². The number of aromatic nitrogens is 2. The molecule has 0 aliphatic carbocycles. The molecule has 0 fully saturated rings. The molecule has 1 heterocycles. The average Bonchev–Trinajstić information content (AvgIpc) is 2.69. The summed E-state index contributed by atoms with van der Waals surface area (Å²) in [5.41, 5.74) is 0.249. The molecule has 0 spiro atoms. The quantitative estimate of drug-likeness (QED) is 0.499. The Bertz CT molecular complexity index is 336. The summed E-state index contributed by atoms with van der Waals surface area (Å²) >= 11 is 0. The van der Waals surface area contributed by atoms with Crippen LogP contribution < -0.4 is 5.32 Å². The lowest BCUT2D eigenvalue weighted by atomic mass is 10.2. The first-order chi connectivity index (χ1) is 7.15. The van der Waals surface area contributed by atoms with E-state index in [4.69, 9.17) is 10.2 Å². The fraction of sp³-hybridized carbons (Fsp3) is 0.375. The number of carboxylic acids is 1. The minimum absolute atomic E-state index is 0.0288. The van der Waals surface area contributed by atoms with E-state index in [-0.39, 0.29) is 18.6 Å². The number of aliphatic hydroxyl groups excluding tert-OH is 1. The van der Waals surface area contributed by atoms with Crippen LogP contribution in [0.2, 0.25) is 0 Å². The number of carbonyl (C=O) groups excluding carboxylic acids is 1. The highest BCUT2D eigenvalue weighted by Crippen LogP contribution is 1.97. The van der Waals surface area contributed by atoms with Crippen molar-refractivity contribution >= 4 is 11.9 Å². The van der Waals surface area contributed by atoms with Crippen molar-refractivity contribution in [2.45, 2.75) is 12.5 Å². The number of nitrogens with one attached hydrogen (secondary N) is 2. The van der Waals surface area contributed by atoms with E-state index >= 15 is 0 Å². The van der Waals surface area contributed by atoms with Crippen molar-refractivity contribution in [1.29, 1.82) is 0 Å². The third-order valence-corrected chi connectivity index (χ3v) is 1.78. The number of nitrogens with zero attached hydrogens (tertiary/aromatic N) is 1. The maximum Gasteiger partial charge on any atom is 0.326 e. The van der Waals surface area contributed by atoms with Gasteiger partial charge in [0.05, 0.1) is 11.8 Å². The Morgan fingerprint density at radius 3 is 2.80 bits per heavy atom. The van der Waals surface area contributed by atoms with Gasteiger partial charge in [0.15, 0.2) is 0 Å². The van der Waals surface area contributed by atoms with Crippen LogP contribution >= 0.6 is 0 Å². The normalized spacial score (nSPS) is 12.1. The third kappa shape index (κ3) is 3.06. The topological polar surface area (TPSA) is 115 Å². The maximum absolute atomic E-state index is 11.4. The van der Waals surface area contributed by atoms with Crippen LogP contribution in [0.3, 0.4) is 0 Å².